The molecular weight excluding hydrogens is 438 g/mol. The number of methoxy groups -OCH3 is 1. The number of carbonyl (C=O) groups excluding carboxylic acids is 4. The second kappa shape index (κ2) is 8.05. The molecule has 1 unspecified atom stereocenters. The maximum absolute atomic E-state index is 13.4. The summed E-state index contributed by atoms with van der Waals surface area (Å²) in [6.45, 7) is 2.98. The number of carbonyl (C=O) groups is 4. The lowest BCUT2D eigenvalue weighted by Crippen LogP contribution is -2.74. The van der Waals surface area contributed by atoms with E-state index in [0.717, 1.165) is 16.9 Å². The highest BCUT2D eigenvalue weighted by Gasteiger charge is 2.61. The van der Waals surface area contributed by atoms with Gasteiger partial charge in [0.25, 0.3) is 0 Å². The van der Waals surface area contributed by atoms with Crippen LogP contribution in [0.3, 0.4) is 0 Å². The fourth-order valence-electron chi connectivity index (χ4n) is 5.34. The first-order valence-electron chi connectivity index (χ1n) is 11.1. The summed E-state index contributed by atoms with van der Waals surface area (Å²) in [5.74, 6) is -0.746. The monoisotopic (exact) mass is 463 g/mol. The van der Waals surface area contributed by atoms with E-state index in [-0.39, 0.29) is 12.3 Å². The molecule has 34 heavy (non-hydrogen) atoms. The molecule has 5 amide bonds. The Kier molecular flexibility index (Phi) is 5.15. The Morgan fingerprint density at radius 1 is 1.06 bits per heavy atom. The fraction of sp³-hybridized carbons (Fsp3) is 0.333. The number of anilines is 3. The molecule has 0 aliphatic carbocycles. The van der Waals surface area contributed by atoms with Crippen LogP contribution < -0.4 is 30.5 Å². The number of hydrogen-bond acceptors (Lipinski definition) is 7. The molecule has 176 valence electrons. The second-order valence-corrected chi connectivity index (χ2v) is 8.74. The van der Waals surface area contributed by atoms with Crippen molar-refractivity contribution in [2.45, 2.75) is 19.4 Å². The van der Waals surface area contributed by atoms with Crippen molar-refractivity contribution in [3.8, 4) is 5.75 Å². The average Bonchev–Trinajstić information content (AvgIpc) is 2.81. The predicted octanol–water partition coefficient (Wildman–Crippen LogP) is 1.26. The first kappa shape index (κ1) is 21.7. The van der Waals surface area contributed by atoms with Gasteiger partial charge in [-0.15, -0.1) is 0 Å². The molecule has 2 fully saturated rings. The Labute approximate surface area is 196 Å². The zero-order valence-electron chi connectivity index (χ0n) is 18.9. The third kappa shape index (κ3) is 3.33. The summed E-state index contributed by atoms with van der Waals surface area (Å²) in [7, 11) is 1.60. The molecule has 0 saturated carbocycles. The molecule has 1 atom stereocenters. The van der Waals surface area contributed by atoms with E-state index in [1.165, 1.54) is 6.92 Å². The molecule has 2 aromatic carbocycles. The number of hydrogen-bond donors (Lipinski definition) is 3. The van der Waals surface area contributed by atoms with Crippen LogP contribution in [0.1, 0.15) is 12.5 Å². The number of nitrogens with one attached hydrogen (secondary N) is 3. The van der Waals surface area contributed by atoms with Gasteiger partial charge in [-0.1, -0.05) is 12.1 Å². The highest BCUT2D eigenvalue weighted by molar-refractivity contribution is 6.20. The number of imide groups is 2. The molecule has 0 bridgehead atoms. The van der Waals surface area contributed by atoms with E-state index in [0.29, 0.717) is 31.1 Å². The highest BCUT2D eigenvalue weighted by atomic mass is 16.5. The van der Waals surface area contributed by atoms with E-state index in [4.69, 9.17) is 4.74 Å². The third-order valence-corrected chi connectivity index (χ3v) is 6.82. The molecular formula is C24H25N5O5. The van der Waals surface area contributed by atoms with E-state index >= 15 is 0 Å². The Hall–Kier alpha value is -4.08. The van der Waals surface area contributed by atoms with E-state index in [9.17, 15) is 19.2 Å². The maximum atomic E-state index is 13.4. The van der Waals surface area contributed by atoms with Crippen LogP contribution in [0.25, 0.3) is 0 Å². The SMILES string of the molecule is COc1ccccc1N1CCN2c3ccc(NC(C)=O)cc3CC3(C(=O)NC(=O)NC3=O)C2C1. The summed E-state index contributed by atoms with van der Waals surface area (Å²) >= 11 is 0. The van der Waals surface area contributed by atoms with Crippen molar-refractivity contribution in [3.05, 3.63) is 48.0 Å². The largest absolute Gasteiger partial charge is 0.495 e. The van der Waals surface area contributed by atoms with Gasteiger partial charge in [0.2, 0.25) is 17.7 Å². The van der Waals surface area contributed by atoms with Gasteiger partial charge in [0.05, 0.1) is 18.8 Å². The molecule has 2 aromatic rings. The number of urea groups is 1. The summed E-state index contributed by atoms with van der Waals surface area (Å²) < 4.78 is 5.54. The van der Waals surface area contributed by atoms with Gasteiger partial charge in [0.1, 0.15) is 5.75 Å². The van der Waals surface area contributed by atoms with Gasteiger partial charge in [-0.2, -0.15) is 0 Å². The minimum absolute atomic E-state index is 0.0988. The second-order valence-electron chi connectivity index (χ2n) is 8.74. The Morgan fingerprint density at radius 3 is 2.50 bits per heavy atom. The first-order chi connectivity index (χ1) is 16.3. The van der Waals surface area contributed by atoms with E-state index in [2.05, 4.69) is 25.8 Å². The van der Waals surface area contributed by atoms with Crippen molar-refractivity contribution >= 4 is 40.8 Å². The Morgan fingerprint density at radius 2 is 1.79 bits per heavy atom. The van der Waals surface area contributed by atoms with Crippen molar-refractivity contribution in [2.75, 3.05) is 41.9 Å². The fourth-order valence-corrected chi connectivity index (χ4v) is 5.34. The van der Waals surface area contributed by atoms with Gasteiger partial charge in [-0.05, 0) is 42.3 Å². The van der Waals surface area contributed by atoms with Crippen LogP contribution in [0, 0.1) is 5.41 Å². The zero-order valence-corrected chi connectivity index (χ0v) is 18.9. The Bertz CT molecular complexity index is 1190. The molecule has 10 heteroatoms. The van der Waals surface area contributed by atoms with Gasteiger partial charge in [0.15, 0.2) is 5.41 Å². The van der Waals surface area contributed by atoms with Crippen molar-refractivity contribution in [3.63, 3.8) is 0 Å². The molecule has 5 rings (SSSR count). The summed E-state index contributed by atoms with van der Waals surface area (Å²) in [6.07, 6.45) is 0.0988. The predicted molar refractivity (Wildman–Crippen MR) is 125 cm³/mol. The minimum Gasteiger partial charge on any atom is -0.495 e. The van der Waals surface area contributed by atoms with Gasteiger partial charge in [-0.3, -0.25) is 25.0 Å². The van der Waals surface area contributed by atoms with E-state index in [1.807, 2.05) is 36.4 Å². The summed E-state index contributed by atoms with van der Waals surface area (Å²) in [6, 6.07) is 11.8. The lowest BCUT2D eigenvalue weighted by Gasteiger charge is -2.54. The molecule has 2 saturated heterocycles. The van der Waals surface area contributed by atoms with Crippen LogP contribution in [0.4, 0.5) is 21.9 Å². The molecule has 3 aliphatic rings. The topological polar surface area (TPSA) is 120 Å². The van der Waals surface area contributed by atoms with Gasteiger partial charge < -0.3 is 19.9 Å². The van der Waals surface area contributed by atoms with E-state index < -0.39 is 29.3 Å². The molecule has 0 radical (unpaired) electrons. The number of piperazine rings is 1. The van der Waals surface area contributed by atoms with Crippen molar-refractivity contribution in [1.29, 1.82) is 0 Å². The minimum atomic E-state index is -1.52. The summed E-state index contributed by atoms with van der Waals surface area (Å²) in [5, 5.41) is 7.37. The lowest BCUT2D eigenvalue weighted by molar-refractivity contribution is -0.146. The third-order valence-electron chi connectivity index (χ3n) is 6.82. The summed E-state index contributed by atoms with van der Waals surface area (Å²) in [4.78, 5) is 54.4. The molecule has 10 nitrogen and oxygen atoms in total. The number of para-hydroxylation sites is 2. The standard InChI is InChI=1S/C24H25N5O5/c1-14(30)25-16-7-8-17-15(11-16)12-24(21(31)26-23(33)27-22(24)32)20-13-28(9-10-29(17)20)18-5-3-4-6-19(18)34-2/h3-8,11,20H,9-10,12-13H2,1-2H3,(H,25,30)(H2,26,27,31,32,33). The number of fused-ring (bicyclic) bond motifs is 4. The van der Waals surface area contributed by atoms with Crippen LogP contribution in [0.5, 0.6) is 5.75 Å². The van der Waals surface area contributed by atoms with Gasteiger partial charge in [0, 0.05) is 37.9 Å². The van der Waals surface area contributed by atoms with E-state index in [1.54, 1.807) is 13.2 Å². The molecule has 1 spiro atoms. The summed E-state index contributed by atoms with van der Waals surface area (Å²) in [5.41, 5.74) is 1.60. The Balaban J connectivity index is 1.60. The smallest absolute Gasteiger partial charge is 0.328 e. The van der Waals surface area contributed by atoms with Crippen LogP contribution >= 0.6 is 0 Å². The number of nitrogens with zero attached hydrogens (tertiary/aromatic N) is 2. The van der Waals surface area contributed by atoms with Crippen LogP contribution in [-0.4, -0.2) is 56.5 Å². The van der Waals surface area contributed by atoms with Crippen LogP contribution in [0.15, 0.2) is 42.5 Å². The highest BCUT2D eigenvalue weighted by Crippen LogP contribution is 2.46. The van der Waals surface area contributed by atoms with Crippen molar-refractivity contribution in [2.24, 2.45) is 5.41 Å². The normalized spacial score (nSPS) is 20.8. The maximum Gasteiger partial charge on any atom is 0.328 e. The van der Waals surface area contributed by atoms with Crippen LogP contribution in [-0.2, 0) is 20.8 Å². The number of ether oxygens (including phenoxy) is 1. The van der Waals surface area contributed by atoms with Crippen LogP contribution in [0.2, 0.25) is 0 Å². The lowest BCUT2D eigenvalue weighted by atomic mass is 9.68. The molecule has 0 aromatic heterocycles. The van der Waals surface area contributed by atoms with Gasteiger partial charge >= 0.3 is 6.03 Å². The number of rotatable bonds is 3. The first-order valence-corrected chi connectivity index (χ1v) is 11.1. The van der Waals surface area contributed by atoms with Crippen molar-refractivity contribution in [1.82, 2.24) is 10.6 Å². The van der Waals surface area contributed by atoms with Crippen molar-refractivity contribution < 1.29 is 23.9 Å². The number of barbiturate groups is 1. The quantitative estimate of drug-likeness (QED) is 0.586. The number of benzene rings is 2. The molecule has 3 heterocycles. The zero-order chi connectivity index (χ0) is 24.0. The number of amides is 5. The molecule has 3 N–H and O–H groups in total. The average molecular weight is 463 g/mol. The van der Waals surface area contributed by atoms with Gasteiger partial charge in [-0.25, -0.2) is 4.79 Å². The molecule has 3 aliphatic heterocycles.